The average molecular weight is 292 g/mol. The molecule has 5 N–H and O–H groups in total. The van der Waals surface area contributed by atoms with Gasteiger partial charge in [-0.3, -0.25) is 14.1 Å². The van der Waals surface area contributed by atoms with Crippen LogP contribution < -0.4 is 5.73 Å². The number of aliphatic hydroxyl groups excluding tert-OH is 1. The van der Waals surface area contributed by atoms with Crippen LogP contribution in [0.1, 0.15) is 0 Å². The molecule has 0 atom stereocenters. The molecular weight excluding hydrogens is 276 g/mol. The van der Waals surface area contributed by atoms with Crippen LogP contribution in [-0.2, 0) is 25.0 Å². The summed E-state index contributed by atoms with van der Waals surface area (Å²) in [5.74, 6) is 0.987. The van der Waals surface area contributed by atoms with Gasteiger partial charge in [0.05, 0.1) is 26.4 Å². The van der Waals surface area contributed by atoms with Crippen molar-refractivity contribution in [3.8, 4) is 0 Å². The molecule has 7 nitrogen and oxygen atoms in total. The van der Waals surface area contributed by atoms with Crippen LogP contribution in [0.25, 0.3) is 0 Å². The number of rotatable bonds is 6. The molecule has 0 heterocycles. The molecule has 0 aliphatic heterocycles. The van der Waals surface area contributed by atoms with E-state index < -0.39 is 9.05 Å². The second kappa shape index (κ2) is 11.5. The second-order valence-electron chi connectivity index (χ2n) is 2.31. The van der Waals surface area contributed by atoms with Crippen LogP contribution in [-0.4, -0.2) is 56.4 Å². The van der Waals surface area contributed by atoms with Crippen LogP contribution >= 0.6 is 12.6 Å². The molecule has 0 aliphatic rings. The molecule has 0 bridgehead atoms. The van der Waals surface area contributed by atoms with E-state index >= 15 is 0 Å². The van der Waals surface area contributed by atoms with Crippen LogP contribution in [0.15, 0.2) is 4.99 Å². The summed E-state index contributed by atoms with van der Waals surface area (Å²) in [5, 5.41) is 8.32. The summed E-state index contributed by atoms with van der Waals surface area (Å²) in [5.41, 5.74) is 5.36. The van der Waals surface area contributed by atoms with Crippen molar-refractivity contribution in [2.45, 2.75) is 0 Å². The molecule has 0 unspecified atom stereocenters. The van der Waals surface area contributed by atoms with Gasteiger partial charge in [0.2, 0.25) is 0 Å². The highest BCUT2D eigenvalue weighted by molar-refractivity contribution is 8.26. The Kier molecular flexibility index (Phi) is 13.2. The summed E-state index contributed by atoms with van der Waals surface area (Å²) in [6, 6.07) is 0. The maximum Gasteiger partial charge on any atom is 0.263 e. The normalized spacial score (nSPS) is 11.9. The Morgan fingerprint density at radius 3 is 2.38 bits per heavy atom. The van der Waals surface area contributed by atoms with Crippen LogP contribution in [0.2, 0.25) is 0 Å². The fourth-order valence-corrected chi connectivity index (χ4v) is 0.570. The lowest BCUT2D eigenvalue weighted by Crippen LogP contribution is -2.15. The monoisotopic (exact) mass is 292 g/mol. The fraction of sp³-hybridized carbons (Fsp3) is 0.833. The zero-order chi connectivity index (χ0) is 13.0. The van der Waals surface area contributed by atoms with Gasteiger partial charge < -0.3 is 15.6 Å². The number of aliphatic imine (C=N–C) groups is 1. The second-order valence-corrected chi connectivity index (χ2v) is 4.83. The zero-order valence-electron chi connectivity index (χ0n) is 8.48. The van der Waals surface area contributed by atoms with E-state index in [1.807, 2.05) is 0 Å². The minimum atomic E-state index is -3.83. The van der Waals surface area contributed by atoms with Crippen molar-refractivity contribution in [2.75, 3.05) is 32.1 Å². The van der Waals surface area contributed by atoms with E-state index in [0.29, 0.717) is 31.3 Å². The molecule has 0 saturated heterocycles. The first kappa shape index (κ1) is 18.4. The van der Waals surface area contributed by atoms with Crippen molar-refractivity contribution in [1.82, 2.24) is 0 Å². The summed E-state index contributed by atoms with van der Waals surface area (Å²) in [6.45, 7) is 1.43. The number of aliphatic hydroxyl groups is 1. The van der Waals surface area contributed by atoms with E-state index in [-0.39, 0.29) is 6.61 Å². The number of ether oxygens (including phenoxy) is 1. The third kappa shape index (κ3) is 29.2. The summed E-state index contributed by atoms with van der Waals surface area (Å²) in [4.78, 5) is 3.93. The SMILES string of the molecule is NC(CS)=NCCOCCO.O=S(O)(O)=S. The summed E-state index contributed by atoms with van der Waals surface area (Å²) < 4.78 is 28.9. The van der Waals surface area contributed by atoms with Gasteiger partial charge in [-0.15, -0.1) is 0 Å². The van der Waals surface area contributed by atoms with Crippen molar-refractivity contribution < 1.29 is 23.2 Å². The Morgan fingerprint density at radius 1 is 1.50 bits per heavy atom. The molecule has 0 radical (unpaired) electrons. The lowest BCUT2D eigenvalue weighted by Gasteiger charge is -1.98. The third-order valence-corrected chi connectivity index (χ3v) is 1.27. The first-order valence-electron chi connectivity index (χ1n) is 4.09. The van der Waals surface area contributed by atoms with Crippen molar-refractivity contribution in [1.29, 1.82) is 0 Å². The first-order chi connectivity index (χ1) is 7.31. The van der Waals surface area contributed by atoms with E-state index in [9.17, 15) is 0 Å². The summed E-state index contributed by atoms with van der Waals surface area (Å²) in [7, 11) is -3.83. The van der Waals surface area contributed by atoms with Gasteiger partial charge >= 0.3 is 0 Å². The van der Waals surface area contributed by atoms with E-state index in [1.54, 1.807) is 0 Å². The lowest BCUT2D eigenvalue weighted by atomic mass is 10.6. The molecule has 0 aromatic carbocycles. The average Bonchev–Trinajstić information content (AvgIpc) is 2.14. The predicted octanol–water partition coefficient (Wildman–Crippen LogP) is -1.04. The number of thiol groups is 1. The number of hydrogen-bond donors (Lipinski definition) is 5. The van der Waals surface area contributed by atoms with Gasteiger partial charge in [-0.05, 0) is 0 Å². The van der Waals surface area contributed by atoms with Gasteiger partial charge in [0, 0.05) is 16.9 Å². The van der Waals surface area contributed by atoms with E-state index in [1.165, 1.54) is 0 Å². The van der Waals surface area contributed by atoms with Gasteiger partial charge in [0.25, 0.3) is 9.05 Å². The minimum absolute atomic E-state index is 0.0474. The van der Waals surface area contributed by atoms with Crippen LogP contribution in [0.4, 0.5) is 0 Å². The van der Waals surface area contributed by atoms with E-state index in [4.69, 9.17) is 28.9 Å². The lowest BCUT2D eigenvalue weighted by molar-refractivity contribution is 0.0978. The Bertz CT molecular complexity index is 272. The van der Waals surface area contributed by atoms with E-state index in [2.05, 4.69) is 28.8 Å². The number of amidine groups is 1. The highest BCUT2D eigenvalue weighted by Gasteiger charge is 1.87. The Labute approximate surface area is 105 Å². The quantitative estimate of drug-likeness (QED) is 0.183. The molecule has 0 spiro atoms. The van der Waals surface area contributed by atoms with Crippen molar-refractivity contribution >= 4 is 38.7 Å². The fourth-order valence-electron chi connectivity index (χ4n) is 0.470. The van der Waals surface area contributed by atoms with Gasteiger partial charge in [-0.1, -0.05) is 0 Å². The molecule has 16 heavy (non-hydrogen) atoms. The molecule has 0 aromatic rings. The summed E-state index contributed by atoms with van der Waals surface area (Å²) in [6.07, 6.45) is 0. The van der Waals surface area contributed by atoms with Crippen molar-refractivity contribution in [3.05, 3.63) is 0 Å². The van der Waals surface area contributed by atoms with Crippen molar-refractivity contribution in [3.63, 3.8) is 0 Å². The van der Waals surface area contributed by atoms with Crippen LogP contribution in [0.3, 0.4) is 0 Å². The van der Waals surface area contributed by atoms with Gasteiger partial charge in [0.15, 0.2) is 0 Å². The Hall–Kier alpha value is 0.0300. The predicted molar refractivity (Wildman–Crippen MR) is 69.0 cm³/mol. The smallest absolute Gasteiger partial charge is 0.263 e. The highest BCUT2D eigenvalue weighted by Crippen LogP contribution is 1.79. The Morgan fingerprint density at radius 2 is 2.00 bits per heavy atom. The molecule has 0 rings (SSSR count). The largest absolute Gasteiger partial charge is 0.394 e. The molecule has 0 aromatic heterocycles. The molecule has 98 valence electrons. The van der Waals surface area contributed by atoms with Crippen LogP contribution in [0, 0.1) is 0 Å². The van der Waals surface area contributed by atoms with Crippen molar-refractivity contribution in [2.24, 2.45) is 10.7 Å². The molecule has 0 saturated carbocycles. The molecular formula is C6H16N2O5S3. The van der Waals surface area contributed by atoms with E-state index in [0.717, 1.165) is 0 Å². The number of nitrogens with zero attached hydrogens (tertiary/aromatic N) is 1. The highest BCUT2D eigenvalue weighted by atomic mass is 32.9. The summed E-state index contributed by atoms with van der Waals surface area (Å²) >= 11 is 7.39. The van der Waals surface area contributed by atoms with Gasteiger partial charge in [-0.2, -0.15) is 16.8 Å². The number of nitrogens with two attached hydrogens (primary N) is 1. The number of hydrogen-bond acceptors (Lipinski definition) is 6. The molecule has 0 aliphatic carbocycles. The molecule has 0 amide bonds. The standard InChI is InChI=1S/C6H14N2O2S.H2O3S2/c7-6(5-11)8-1-3-10-4-2-9;1-5(2,3)4/h9,11H,1-5H2,(H2,7,8);(H2,1,2,3,4). The zero-order valence-corrected chi connectivity index (χ0v) is 11.0. The Balaban J connectivity index is 0. The maximum atomic E-state index is 9.11. The molecule has 10 heteroatoms. The molecule has 0 fully saturated rings. The third-order valence-electron chi connectivity index (χ3n) is 0.948. The topological polar surface area (TPSA) is 125 Å². The first-order valence-corrected chi connectivity index (χ1v) is 7.12. The van der Waals surface area contributed by atoms with Gasteiger partial charge in [-0.25, -0.2) is 0 Å². The van der Waals surface area contributed by atoms with Crippen LogP contribution in [0.5, 0.6) is 0 Å². The minimum Gasteiger partial charge on any atom is -0.394 e. The van der Waals surface area contributed by atoms with Gasteiger partial charge in [0.1, 0.15) is 5.84 Å². The maximum absolute atomic E-state index is 9.11.